The summed E-state index contributed by atoms with van der Waals surface area (Å²) < 4.78 is 5.51. The second-order valence-corrected chi connectivity index (χ2v) is 6.11. The van der Waals surface area contributed by atoms with Crippen molar-refractivity contribution < 1.29 is 29.6 Å². The van der Waals surface area contributed by atoms with Crippen LogP contribution in [-0.2, 0) is 9.59 Å². The number of phenols is 1. The van der Waals surface area contributed by atoms with E-state index in [-0.39, 0.29) is 22.3 Å². The number of phenolic OH excluding ortho intramolecular Hbond substituents is 1. The van der Waals surface area contributed by atoms with E-state index in [1.807, 2.05) is 0 Å². The van der Waals surface area contributed by atoms with Gasteiger partial charge in [0.2, 0.25) is 5.91 Å². The Morgan fingerprint density at radius 2 is 2.18 bits per heavy atom. The van der Waals surface area contributed by atoms with E-state index < -0.39 is 29.3 Å². The lowest BCUT2D eigenvalue weighted by atomic mass is 9.92. The highest BCUT2D eigenvalue weighted by atomic mass is 32.2. The zero-order valence-electron chi connectivity index (χ0n) is 11.5. The average molecular weight is 323 g/mol. The van der Waals surface area contributed by atoms with Crippen molar-refractivity contribution in [2.75, 3.05) is 0 Å². The summed E-state index contributed by atoms with van der Waals surface area (Å²) in [5.74, 6) is -2.10. The van der Waals surface area contributed by atoms with Crippen LogP contribution in [0.25, 0.3) is 0 Å². The maximum atomic E-state index is 12.0. The van der Waals surface area contributed by atoms with Crippen LogP contribution in [0.4, 0.5) is 0 Å². The molecule has 1 fully saturated rings. The highest BCUT2D eigenvalue weighted by Gasteiger charge is 2.58. The minimum atomic E-state index is -1.28. The number of β-lactam (4-membered cyclic amide) rings is 1. The molecule has 2 aliphatic rings. The molecule has 0 radical (unpaired) electrons. The maximum absolute atomic E-state index is 12.0. The topological polar surface area (TPSA) is 107 Å². The number of hydrogen-bond acceptors (Lipinski definition) is 6. The van der Waals surface area contributed by atoms with Crippen molar-refractivity contribution in [3.63, 3.8) is 0 Å². The first-order valence-electron chi connectivity index (χ1n) is 6.52. The third kappa shape index (κ3) is 2.20. The molecular weight excluding hydrogens is 310 g/mol. The first kappa shape index (κ1) is 14.7. The molecule has 116 valence electrons. The van der Waals surface area contributed by atoms with Gasteiger partial charge in [0.25, 0.3) is 0 Å². The molecular formula is C14H13NO6S. The van der Waals surface area contributed by atoms with Crippen LogP contribution in [-0.4, -0.2) is 43.6 Å². The third-order valence-electron chi connectivity index (χ3n) is 3.50. The number of aromatic hydroxyl groups is 1. The lowest BCUT2D eigenvalue weighted by Gasteiger charge is -2.43. The molecule has 3 rings (SSSR count). The number of thioether (sulfide) groups is 1. The molecule has 1 amide bonds. The standard InChI is InChI=1S/C14H13NO6S/c1-6(16)9-11(18)15-10(13(19)20)14(22-12(9)15)21-8-4-2-3-7(17)5-8/h2-6,9,12,16-17H,1H3,(H,19,20)/t6-,9+,12?/m1/s1. The van der Waals surface area contributed by atoms with Gasteiger partial charge in [0.05, 0.1) is 12.0 Å². The van der Waals surface area contributed by atoms with Crippen LogP contribution < -0.4 is 4.74 Å². The lowest BCUT2D eigenvalue weighted by Crippen LogP contribution is -2.60. The number of nitrogens with zero attached hydrogens (tertiary/aromatic N) is 1. The maximum Gasteiger partial charge on any atom is 0.357 e. The molecule has 8 heteroatoms. The fourth-order valence-corrected chi connectivity index (χ4v) is 3.94. The van der Waals surface area contributed by atoms with Crippen molar-refractivity contribution in [3.05, 3.63) is 35.1 Å². The number of hydrogen-bond donors (Lipinski definition) is 3. The van der Waals surface area contributed by atoms with E-state index in [1.165, 1.54) is 19.1 Å². The van der Waals surface area contributed by atoms with Gasteiger partial charge in [-0.3, -0.25) is 9.69 Å². The van der Waals surface area contributed by atoms with Gasteiger partial charge in [-0.05, 0) is 19.1 Å². The largest absolute Gasteiger partial charge is 0.508 e. The van der Waals surface area contributed by atoms with Crippen LogP contribution in [0.2, 0.25) is 0 Å². The number of aliphatic hydroxyl groups excluding tert-OH is 1. The summed E-state index contributed by atoms with van der Waals surface area (Å²) >= 11 is 1.08. The minimum absolute atomic E-state index is 0.0146. The predicted molar refractivity (Wildman–Crippen MR) is 76.8 cm³/mol. The minimum Gasteiger partial charge on any atom is -0.508 e. The second-order valence-electron chi connectivity index (χ2n) is 5.02. The molecule has 0 aromatic heterocycles. The molecule has 7 nitrogen and oxygen atoms in total. The smallest absolute Gasteiger partial charge is 0.357 e. The van der Waals surface area contributed by atoms with Gasteiger partial charge >= 0.3 is 5.97 Å². The number of benzene rings is 1. The van der Waals surface area contributed by atoms with E-state index in [1.54, 1.807) is 12.1 Å². The van der Waals surface area contributed by atoms with Crippen molar-refractivity contribution in [2.24, 2.45) is 5.92 Å². The Morgan fingerprint density at radius 3 is 2.77 bits per heavy atom. The number of fused-ring (bicyclic) bond motifs is 1. The van der Waals surface area contributed by atoms with Crippen molar-refractivity contribution >= 4 is 23.6 Å². The number of aliphatic carboxylic acids is 1. The Morgan fingerprint density at radius 1 is 1.45 bits per heavy atom. The Balaban J connectivity index is 1.90. The zero-order valence-corrected chi connectivity index (χ0v) is 12.3. The Hall–Kier alpha value is -2.19. The lowest BCUT2D eigenvalue weighted by molar-refractivity contribution is -0.156. The predicted octanol–water partition coefficient (Wildman–Crippen LogP) is 0.937. The fraction of sp³-hybridized carbons (Fsp3) is 0.286. The van der Waals surface area contributed by atoms with Gasteiger partial charge in [-0.1, -0.05) is 17.8 Å². The normalized spacial score (nSPS) is 24.8. The average Bonchev–Trinajstić information content (AvgIpc) is 2.73. The number of carboxylic acid groups (broad SMARTS) is 1. The molecule has 0 bridgehead atoms. The molecule has 3 N–H and O–H groups in total. The van der Waals surface area contributed by atoms with E-state index >= 15 is 0 Å². The van der Waals surface area contributed by atoms with Gasteiger partial charge in [-0.25, -0.2) is 4.79 Å². The van der Waals surface area contributed by atoms with Gasteiger partial charge in [0.1, 0.15) is 16.9 Å². The van der Waals surface area contributed by atoms with Crippen LogP contribution in [0.3, 0.4) is 0 Å². The molecule has 0 aliphatic carbocycles. The van der Waals surface area contributed by atoms with Crippen molar-refractivity contribution in [2.45, 2.75) is 18.4 Å². The molecule has 1 unspecified atom stereocenters. The second kappa shape index (κ2) is 5.22. The monoisotopic (exact) mass is 323 g/mol. The Kier molecular flexibility index (Phi) is 3.50. The van der Waals surface area contributed by atoms with Crippen molar-refractivity contribution in [1.29, 1.82) is 0 Å². The number of amides is 1. The molecule has 0 saturated carbocycles. The number of aliphatic hydroxyl groups is 1. The molecule has 1 aromatic carbocycles. The number of rotatable bonds is 4. The molecule has 2 aliphatic heterocycles. The van der Waals surface area contributed by atoms with Crippen LogP contribution in [0.15, 0.2) is 35.1 Å². The molecule has 3 atom stereocenters. The fourth-order valence-electron chi connectivity index (χ4n) is 2.48. The summed E-state index contributed by atoms with van der Waals surface area (Å²) in [6, 6.07) is 5.93. The van der Waals surface area contributed by atoms with Gasteiger partial charge in [-0.2, -0.15) is 0 Å². The van der Waals surface area contributed by atoms with Gasteiger partial charge in [-0.15, -0.1) is 0 Å². The van der Waals surface area contributed by atoms with Crippen LogP contribution in [0.1, 0.15) is 6.92 Å². The van der Waals surface area contributed by atoms with E-state index in [9.17, 15) is 24.9 Å². The van der Waals surface area contributed by atoms with Gasteiger partial charge in [0.15, 0.2) is 10.8 Å². The summed E-state index contributed by atoms with van der Waals surface area (Å²) in [4.78, 5) is 24.6. The summed E-state index contributed by atoms with van der Waals surface area (Å²) in [6.45, 7) is 1.50. The van der Waals surface area contributed by atoms with Crippen molar-refractivity contribution in [3.8, 4) is 11.5 Å². The molecule has 22 heavy (non-hydrogen) atoms. The number of carboxylic acids is 1. The highest BCUT2D eigenvalue weighted by Crippen LogP contribution is 2.50. The van der Waals surface area contributed by atoms with Crippen LogP contribution in [0, 0.1) is 5.92 Å². The molecule has 2 heterocycles. The molecule has 1 aromatic rings. The highest BCUT2D eigenvalue weighted by molar-refractivity contribution is 8.03. The van der Waals surface area contributed by atoms with Crippen molar-refractivity contribution in [1.82, 2.24) is 4.90 Å². The molecule has 0 spiro atoms. The Labute approximate surface area is 129 Å². The van der Waals surface area contributed by atoms with Gasteiger partial charge < -0.3 is 20.1 Å². The molecule has 1 saturated heterocycles. The van der Waals surface area contributed by atoms with Gasteiger partial charge in [0, 0.05) is 6.07 Å². The van der Waals surface area contributed by atoms with E-state index in [0.717, 1.165) is 16.7 Å². The number of carbonyl (C=O) groups is 2. The quantitative estimate of drug-likeness (QED) is 0.708. The zero-order chi connectivity index (χ0) is 16.0. The number of carbonyl (C=O) groups excluding carboxylic acids is 1. The first-order chi connectivity index (χ1) is 10.4. The summed E-state index contributed by atoms with van der Waals surface area (Å²) in [7, 11) is 0. The van der Waals surface area contributed by atoms with E-state index in [4.69, 9.17) is 4.74 Å². The van der Waals surface area contributed by atoms with Crippen LogP contribution >= 0.6 is 11.8 Å². The summed E-state index contributed by atoms with van der Waals surface area (Å²) in [6.07, 6.45) is -0.864. The summed E-state index contributed by atoms with van der Waals surface area (Å²) in [5, 5.41) is 28.0. The number of ether oxygens (including phenoxy) is 1. The van der Waals surface area contributed by atoms with Crippen LogP contribution in [0.5, 0.6) is 11.5 Å². The van der Waals surface area contributed by atoms with E-state index in [0.29, 0.717) is 0 Å². The van der Waals surface area contributed by atoms with E-state index in [2.05, 4.69) is 0 Å². The summed E-state index contributed by atoms with van der Waals surface area (Å²) in [5.41, 5.74) is -0.236. The SMILES string of the molecule is C[C@@H](O)[C@H]1C(=O)N2C(C(=O)O)=C(Oc3cccc(O)c3)SC12. The third-order valence-corrected chi connectivity index (χ3v) is 4.73. The Bertz CT molecular complexity index is 686. The first-order valence-corrected chi connectivity index (χ1v) is 7.40.